The van der Waals surface area contributed by atoms with Gasteiger partial charge in [-0.2, -0.15) is 0 Å². The van der Waals surface area contributed by atoms with Gasteiger partial charge in [-0.25, -0.2) is 8.42 Å². The van der Waals surface area contributed by atoms with E-state index >= 15 is 0 Å². The average Bonchev–Trinajstić information content (AvgIpc) is 2.72. The van der Waals surface area contributed by atoms with Gasteiger partial charge in [0.05, 0.1) is 9.80 Å². The van der Waals surface area contributed by atoms with Gasteiger partial charge in [-0.1, -0.05) is 12.1 Å². The number of nitrogens with zero attached hydrogens (tertiary/aromatic N) is 2. The molecule has 0 bridgehead atoms. The molecule has 0 amide bonds. The van der Waals surface area contributed by atoms with Crippen LogP contribution in [0, 0.1) is 0 Å². The zero-order valence-electron chi connectivity index (χ0n) is 12.2. The lowest BCUT2D eigenvalue weighted by Gasteiger charge is -2.32. The highest BCUT2D eigenvalue weighted by Gasteiger charge is 2.31. The van der Waals surface area contributed by atoms with Gasteiger partial charge >= 0.3 is 0 Å². The van der Waals surface area contributed by atoms with Gasteiger partial charge in [-0.3, -0.25) is 4.90 Å². The first-order valence-corrected chi connectivity index (χ1v) is 8.68. The van der Waals surface area contributed by atoms with Gasteiger partial charge in [0, 0.05) is 39.3 Å². The molecule has 1 aromatic carbocycles. The first kappa shape index (κ1) is 14.7. The number of fused-ring (bicyclic) bond motifs is 1. The number of rotatable bonds is 3. The summed E-state index contributed by atoms with van der Waals surface area (Å²) in [5.41, 5.74) is 7.25. The number of sulfone groups is 1. The molecular weight excluding hydrogens is 286 g/mol. The molecule has 1 aromatic rings. The molecule has 3 rings (SSSR count). The van der Waals surface area contributed by atoms with Crippen molar-refractivity contribution in [3.05, 3.63) is 34.2 Å². The Hall–Kier alpha value is -1.21. The summed E-state index contributed by atoms with van der Waals surface area (Å²) in [7, 11) is -1.25. The molecule has 6 heteroatoms. The minimum Gasteiger partial charge on any atom is -0.326 e. The van der Waals surface area contributed by atoms with Crippen LogP contribution in [0.1, 0.15) is 11.1 Å². The minimum absolute atomic E-state index is 0.358. The Morgan fingerprint density at radius 1 is 1.19 bits per heavy atom. The van der Waals surface area contributed by atoms with Crippen LogP contribution in [0.4, 0.5) is 0 Å². The van der Waals surface area contributed by atoms with Crippen molar-refractivity contribution in [3.63, 3.8) is 0 Å². The molecule has 0 unspecified atom stereocenters. The molecule has 0 radical (unpaired) electrons. The van der Waals surface area contributed by atoms with Crippen molar-refractivity contribution < 1.29 is 8.42 Å². The van der Waals surface area contributed by atoms with Crippen molar-refractivity contribution >= 4 is 15.9 Å². The van der Waals surface area contributed by atoms with Gasteiger partial charge in [0.2, 0.25) is 9.84 Å². The highest BCUT2D eigenvalue weighted by Crippen LogP contribution is 2.33. The molecule has 0 aliphatic carbocycles. The molecule has 0 aromatic heterocycles. The van der Waals surface area contributed by atoms with Gasteiger partial charge in [-0.15, -0.1) is 0 Å². The summed E-state index contributed by atoms with van der Waals surface area (Å²) in [6, 6.07) is 5.45. The van der Waals surface area contributed by atoms with Crippen LogP contribution in [0.5, 0.6) is 0 Å². The smallest absolute Gasteiger partial charge is 0.204 e. The Balaban J connectivity index is 1.82. The highest BCUT2D eigenvalue weighted by atomic mass is 32.2. The van der Waals surface area contributed by atoms with Crippen LogP contribution >= 0.6 is 0 Å². The van der Waals surface area contributed by atoms with E-state index in [4.69, 9.17) is 5.73 Å². The van der Waals surface area contributed by atoms with E-state index in [0.29, 0.717) is 22.9 Å². The Morgan fingerprint density at radius 3 is 2.57 bits per heavy atom. The molecule has 2 aliphatic rings. The summed E-state index contributed by atoms with van der Waals surface area (Å²) in [6.07, 6.45) is 1.81. The van der Waals surface area contributed by atoms with Crippen molar-refractivity contribution in [1.82, 2.24) is 9.80 Å². The molecule has 0 saturated carbocycles. The summed E-state index contributed by atoms with van der Waals surface area (Å²) >= 11 is 0. The lowest BCUT2D eigenvalue weighted by molar-refractivity contribution is 0.166. The van der Waals surface area contributed by atoms with Crippen molar-refractivity contribution in [1.29, 1.82) is 0 Å². The average molecular weight is 307 g/mol. The second kappa shape index (κ2) is 5.53. The first-order chi connectivity index (χ1) is 10.0. The third-order valence-corrected chi connectivity index (χ3v) is 6.11. The minimum atomic E-state index is -3.34. The van der Waals surface area contributed by atoms with Gasteiger partial charge < -0.3 is 10.6 Å². The molecule has 1 fully saturated rings. The molecule has 2 heterocycles. The lowest BCUT2D eigenvalue weighted by atomic mass is 10.1. The second-order valence-electron chi connectivity index (χ2n) is 5.77. The predicted molar refractivity (Wildman–Crippen MR) is 83.4 cm³/mol. The van der Waals surface area contributed by atoms with Crippen LogP contribution in [0.15, 0.2) is 28.0 Å². The summed E-state index contributed by atoms with van der Waals surface area (Å²) in [5, 5.41) is 0. The zero-order chi connectivity index (χ0) is 15.0. The van der Waals surface area contributed by atoms with E-state index in [0.717, 1.165) is 37.3 Å². The molecular formula is C15H21N3O2S. The topological polar surface area (TPSA) is 66.6 Å². The molecule has 21 heavy (non-hydrogen) atoms. The fraction of sp³-hybridized carbons (Fsp3) is 0.467. The van der Waals surface area contributed by atoms with Gasteiger partial charge in [0.1, 0.15) is 0 Å². The third kappa shape index (κ3) is 2.76. The van der Waals surface area contributed by atoms with Crippen LogP contribution in [-0.4, -0.2) is 58.0 Å². The summed E-state index contributed by atoms with van der Waals surface area (Å²) in [4.78, 5) is 5.39. The van der Waals surface area contributed by atoms with E-state index in [-0.39, 0.29) is 0 Å². The van der Waals surface area contributed by atoms with Gasteiger partial charge in [0.25, 0.3) is 0 Å². The second-order valence-corrected chi connectivity index (χ2v) is 7.74. The van der Waals surface area contributed by atoms with Crippen LogP contribution in [0.3, 0.4) is 0 Å². The van der Waals surface area contributed by atoms with E-state index in [1.165, 1.54) is 0 Å². The first-order valence-electron chi connectivity index (χ1n) is 7.20. The van der Waals surface area contributed by atoms with Crippen LogP contribution in [0.25, 0.3) is 6.08 Å². The van der Waals surface area contributed by atoms with Crippen LogP contribution in [0.2, 0.25) is 0 Å². The summed E-state index contributed by atoms with van der Waals surface area (Å²) in [5.74, 6) is 0. The van der Waals surface area contributed by atoms with Crippen molar-refractivity contribution in [2.24, 2.45) is 5.73 Å². The normalized spacial score (nSPS) is 22.1. The van der Waals surface area contributed by atoms with E-state index in [1.807, 2.05) is 18.2 Å². The number of hydrogen-bond donors (Lipinski definition) is 1. The highest BCUT2D eigenvalue weighted by molar-refractivity contribution is 7.95. The largest absolute Gasteiger partial charge is 0.326 e. The maximum atomic E-state index is 12.6. The standard InChI is InChI=1S/C15H21N3O2S/c1-17-4-6-18(7-5-17)11-14-9-13-3-2-12(10-16)8-15(13)21(14,19)20/h2-3,8-9H,4-7,10-11,16H2,1H3. The van der Waals surface area contributed by atoms with Crippen molar-refractivity contribution in [3.8, 4) is 0 Å². The Morgan fingerprint density at radius 2 is 1.90 bits per heavy atom. The Labute approximate surface area is 125 Å². The predicted octanol–water partition coefficient (Wildman–Crippen LogP) is 0.521. The molecule has 0 spiro atoms. The van der Waals surface area contributed by atoms with Crippen LogP contribution < -0.4 is 5.73 Å². The Bertz CT molecular complexity index is 674. The summed E-state index contributed by atoms with van der Waals surface area (Å²) in [6.45, 7) is 4.65. The molecule has 2 aliphatic heterocycles. The van der Waals surface area contributed by atoms with Crippen molar-refractivity contribution in [2.75, 3.05) is 39.8 Å². The molecule has 2 N–H and O–H groups in total. The van der Waals surface area contributed by atoms with Crippen molar-refractivity contribution in [2.45, 2.75) is 11.4 Å². The third-order valence-electron chi connectivity index (χ3n) is 4.24. The fourth-order valence-corrected chi connectivity index (χ4v) is 4.47. The number of benzene rings is 1. The summed E-state index contributed by atoms with van der Waals surface area (Å²) < 4.78 is 25.3. The maximum Gasteiger partial charge on any atom is 0.204 e. The monoisotopic (exact) mass is 307 g/mol. The lowest BCUT2D eigenvalue weighted by Crippen LogP contribution is -2.45. The van der Waals surface area contributed by atoms with Crippen LogP contribution in [-0.2, 0) is 16.4 Å². The van der Waals surface area contributed by atoms with E-state index < -0.39 is 9.84 Å². The fourth-order valence-electron chi connectivity index (χ4n) is 2.81. The molecule has 114 valence electrons. The maximum absolute atomic E-state index is 12.6. The molecule has 0 atom stereocenters. The SMILES string of the molecule is CN1CCN(CC2=Cc3ccc(CN)cc3S2(=O)=O)CC1. The number of piperazine rings is 1. The Kier molecular flexibility index (Phi) is 3.88. The number of hydrogen-bond acceptors (Lipinski definition) is 5. The number of likely N-dealkylation sites (N-methyl/N-ethyl adjacent to an activating group) is 1. The molecule has 5 nitrogen and oxygen atoms in total. The molecule has 1 saturated heterocycles. The van der Waals surface area contributed by atoms with E-state index in [2.05, 4.69) is 16.8 Å². The number of nitrogens with two attached hydrogens (primary N) is 1. The van der Waals surface area contributed by atoms with Gasteiger partial charge in [-0.05, 0) is 30.3 Å². The van der Waals surface area contributed by atoms with E-state index in [9.17, 15) is 8.42 Å². The van der Waals surface area contributed by atoms with Gasteiger partial charge in [0.15, 0.2) is 0 Å². The zero-order valence-corrected chi connectivity index (χ0v) is 13.1. The quantitative estimate of drug-likeness (QED) is 0.882. The van der Waals surface area contributed by atoms with E-state index in [1.54, 1.807) is 6.07 Å².